The van der Waals surface area contributed by atoms with Crippen LogP contribution in [0.25, 0.3) is 0 Å². The molecule has 5 heteroatoms. The lowest BCUT2D eigenvalue weighted by atomic mass is 9.89. The number of oxazole rings is 1. The SMILES string of the molecule is O=C(O)CC1CCNC(c2cnco2)C1. The van der Waals surface area contributed by atoms with Gasteiger partial charge in [0.2, 0.25) is 0 Å². The second-order valence-corrected chi connectivity index (χ2v) is 3.90. The fraction of sp³-hybridized carbons (Fsp3) is 0.600. The van der Waals surface area contributed by atoms with Gasteiger partial charge >= 0.3 is 5.97 Å². The fourth-order valence-electron chi connectivity index (χ4n) is 2.04. The lowest BCUT2D eigenvalue weighted by Crippen LogP contribution is -2.32. The van der Waals surface area contributed by atoms with Crippen molar-refractivity contribution in [3.63, 3.8) is 0 Å². The summed E-state index contributed by atoms with van der Waals surface area (Å²) in [6, 6.07) is 0.116. The molecule has 1 aliphatic heterocycles. The molecule has 2 atom stereocenters. The Morgan fingerprint density at radius 3 is 3.27 bits per heavy atom. The van der Waals surface area contributed by atoms with Gasteiger partial charge in [-0.3, -0.25) is 4.79 Å². The second kappa shape index (κ2) is 4.44. The lowest BCUT2D eigenvalue weighted by molar-refractivity contribution is -0.138. The minimum Gasteiger partial charge on any atom is -0.481 e. The van der Waals surface area contributed by atoms with Crippen LogP contribution >= 0.6 is 0 Å². The first-order valence-corrected chi connectivity index (χ1v) is 5.09. The number of carbonyl (C=O) groups is 1. The molecule has 0 saturated carbocycles. The summed E-state index contributed by atoms with van der Waals surface area (Å²) in [4.78, 5) is 14.5. The van der Waals surface area contributed by atoms with Gasteiger partial charge in [0.15, 0.2) is 6.39 Å². The smallest absolute Gasteiger partial charge is 0.303 e. The number of nitrogens with zero attached hydrogens (tertiary/aromatic N) is 1. The van der Waals surface area contributed by atoms with E-state index >= 15 is 0 Å². The molecule has 5 nitrogen and oxygen atoms in total. The molecule has 1 aliphatic rings. The molecule has 1 saturated heterocycles. The van der Waals surface area contributed by atoms with Crippen LogP contribution in [0.5, 0.6) is 0 Å². The van der Waals surface area contributed by atoms with E-state index in [2.05, 4.69) is 10.3 Å². The van der Waals surface area contributed by atoms with Crippen LogP contribution in [0.15, 0.2) is 17.0 Å². The van der Waals surface area contributed by atoms with E-state index in [0.29, 0.717) is 0 Å². The molecule has 1 fully saturated rings. The van der Waals surface area contributed by atoms with Crippen molar-refractivity contribution in [2.75, 3.05) is 6.54 Å². The topological polar surface area (TPSA) is 75.4 Å². The molecule has 0 aliphatic carbocycles. The molecule has 82 valence electrons. The highest BCUT2D eigenvalue weighted by Gasteiger charge is 2.26. The number of nitrogens with one attached hydrogen (secondary N) is 1. The van der Waals surface area contributed by atoms with Gasteiger partial charge in [-0.2, -0.15) is 0 Å². The van der Waals surface area contributed by atoms with E-state index in [-0.39, 0.29) is 18.4 Å². The van der Waals surface area contributed by atoms with Crippen LogP contribution < -0.4 is 5.32 Å². The molecule has 2 N–H and O–H groups in total. The molecule has 0 bridgehead atoms. The van der Waals surface area contributed by atoms with Crippen LogP contribution in [0, 0.1) is 5.92 Å². The predicted octanol–water partition coefficient (Wildman–Crippen LogP) is 1.19. The van der Waals surface area contributed by atoms with Gasteiger partial charge in [-0.1, -0.05) is 0 Å². The quantitative estimate of drug-likeness (QED) is 0.783. The molecule has 2 unspecified atom stereocenters. The Morgan fingerprint density at radius 2 is 2.60 bits per heavy atom. The molecule has 2 heterocycles. The highest BCUT2D eigenvalue weighted by Crippen LogP contribution is 2.28. The maximum absolute atomic E-state index is 10.6. The van der Waals surface area contributed by atoms with E-state index < -0.39 is 5.97 Å². The zero-order chi connectivity index (χ0) is 10.7. The maximum atomic E-state index is 10.6. The maximum Gasteiger partial charge on any atom is 0.303 e. The number of hydrogen-bond acceptors (Lipinski definition) is 4. The first-order valence-electron chi connectivity index (χ1n) is 5.09. The van der Waals surface area contributed by atoms with Crippen LogP contribution in [0.4, 0.5) is 0 Å². The number of piperidine rings is 1. The number of aliphatic carboxylic acids is 1. The van der Waals surface area contributed by atoms with Gasteiger partial charge in [-0.25, -0.2) is 4.98 Å². The minimum atomic E-state index is -0.724. The Hall–Kier alpha value is -1.36. The van der Waals surface area contributed by atoms with Crippen molar-refractivity contribution in [2.24, 2.45) is 5.92 Å². The Labute approximate surface area is 87.5 Å². The fourth-order valence-corrected chi connectivity index (χ4v) is 2.04. The molecule has 2 rings (SSSR count). The van der Waals surface area contributed by atoms with Crippen LogP contribution in [-0.2, 0) is 4.79 Å². The van der Waals surface area contributed by atoms with Crippen molar-refractivity contribution < 1.29 is 14.3 Å². The van der Waals surface area contributed by atoms with E-state index in [1.165, 1.54) is 6.39 Å². The monoisotopic (exact) mass is 210 g/mol. The zero-order valence-corrected chi connectivity index (χ0v) is 8.35. The highest BCUT2D eigenvalue weighted by molar-refractivity contribution is 5.67. The third-order valence-corrected chi connectivity index (χ3v) is 2.77. The lowest BCUT2D eigenvalue weighted by Gasteiger charge is -2.27. The molecule has 0 spiro atoms. The van der Waals surface area contributed by atoms with E-state index in [0.717, 1.165) is 25.1 Å². The Kier molecular flexibility index (Phi) is 3.01. The Balaban J connectivity index is 1.95. The van der Waals surface area contributed by atoms with Gasteiger partial charge in [-0.15, -0.1) is 0 Å². The summed E-state index contributed by atoms with van der Waals surface area (Å²) < 4.78 is 5.21. The summed E-state index contributed by atoms with van der Waals surface area (Å²) in [7, 11) is 0. The van der Waals surface area contributed by atoms with E-state index in [4.69, 9.17) is 9.52 Å². The minimum absolute atomic E-state index is 0.116. The van der Waals surface area contributed by atoms with Crippen molar-refractivity contribution in [3.8, 4) is 0 Å². The average Bonchev–Trinajstić information content (AvgIpc) is 2.69. The third kappa shape index (κ3) is 2.56. The molecule has 0 radical (unpaired) electrons. The average molecular weight is 210 g/mol. The van der Waals surface area contributed by atoms with Gasteiger partial charge in [-0.05, 0) is 25.3 Å². The van der Waals surface area contributed by atoms with E-state index in [1.54, 1.807) is 6.20 Å². The second-order valence-electron chi connectivity index (χ2n) is 3.90. The van der Waals surface area contributed by atoms with Gasteiger partial charge in [0.1, 0.15) is 5.76 Å². The molecule has 0 aromatic carbocycles. The first-order chi connectivity index (χ1) is 7.25. The highest BCUT2D eigenvalue weighted by atomic mass is 16.4. The van der Waals surface area contributed by atoms with E-state index in [1.807, 2.05) is 0 Å². The summed E-state index contributed by atoms with van der Waals surface area (Å²) >= 11 is 0. The number of aromatic nitrogens is 1. The molecule has 0 amide bonds. The van der Waals surface area contributed by atoms with Crippen LogP contribution in [0.2, 0.25) is 0 Å². The van der Waals surface area contributed by atoms with Gasteiger partial charge in [0, 0.05) is 6.42 Å². The number of rotatable bonds is 3. The summed E-state index contributed by atoms with van der Waals surface area (Å²) in [5, 5.41) is 12.0. The summed E-state index contributed by atoms with van der Waals surface area (Å²) in [6.45, 7) is 0.837. The summed E-state index contributed by atoms with van der Waals surface area (Å²) in [6.07, 6.45) is 5.05. The number of carboxylic acids is 1. The summed E-state index contributed by atoms with van der Waals surface area (Å²) in [5.41, 5.74) is 0. The molecular weight excluding hydrogens is 196 g/mol. The van der Waals surface area contributed by atoms with Crippen molar-refractivity contribution in [2.45, 2.75) is 25.3 Å². The number of carboxylic acid groups (broad SMARTS) is 1. The van der Waals surface area contributed by atoms with Gasteiger partial charge in [0.05, 0.1) is 12.2 Å². The molecule has 1 aromatic heterocycles. The molecule has 15 heavy (non-hydrogen) atoms. The zero-order valence-electron chi connectivity index (χ0n) is 8.35. The van der Waals surface area contributed by atoms with Crippen LogP contribution in [-0.4, -0.2) is 22.6 Å². The number of hydrogen-bond donors (Lipinski definition) is 2. The van der Waals surface area contributed by atoms with Crippen molar-refractivity contribution in [1.29, 1.82) is 0 Å². The normalized spacial score (nSPS) is 26.4. The summed E-state index contributed by atoms with van der Waals surface area (Å²) in [5.74, 6) is 0.308. The third-order valence-electron chi connectivity index (χ3n) is 2.77. The Morgan fingerprint density at radius 1 is 1.73 bits per heavy atom. The van der Waals surface area contributed by atoms with E-state index in [9.17, 15) is 4.79 Å². The standard InChI is InChI=1S/C10H14N2O3/c13-10(14)4-7-1-2-12-8(3-7)9-5-11-6-15-9/h5-8,12H,1-4H2,(H,13,14). The Bertz CT molecular complexity index is 323. The van der Waals surface area contributed by atoms with Crippen molar-refractivity contribution in [3.05, 3.63) is 18.4 Å². The largest absolute Gasteiger partial charge is 0.481 e. The molecular formula is C10H14N2O3. The van der Waals surface area contributed by atoms with Crippen molar-refractivity contribution in [1.82, 2.24) is 10.3 Å². The molecule has 1 aromatic rings. The van der Waals surface area contributed by atoms with Gasteiger partial charge in [0.25, 0.3) is 0 Å². The van der Waals surface area contributed by atoms with Crippen LogP contribution in [0.3, 0.4) is 0 Å². The van der Waals surface area contributed by atoms with Gasteiger partial charge < -0.3 is 14.8 Å². The first kappa shape index (κ1) is 10.2. The predicted molar refractivity (Wildman–Crippen MR) is 52.2 cm³/mol. The van der Waals surface area contributed by atoms with Crippen molar-refractivity contribution >= 4 is 5.97 Å². The van der Waals surface area contributed by atoms with Crippen LogP contribution in [0.1, 0.15) is 31.1 Å².